The summed E-state index contributed by atoms with van der Waals surface area (Å²) in [7, 11) is -4.13. The number of hydrogen-bond donors (Lipinski definition) is 1. The molecule has 0 spiro atoms. The van der Waals surface area contributed by atoms with Gasteiger partial charge < -0.3 is 14.7 Å². The first-order valence-electron chi connectivity index (χ1n) is 13.8. The number of morpholine rings is 1. The fraction of sp³-hybridized carbons (Fsp3) is 0.345. The highest BCUT2D eigenvalue weighted by molar-refractivity contribution is 7.89. The smallest absolute Gasteiger partial charge is 0.452 e. The third kappa shape index (κ3) is 5.58. The fourth-order valence-corrected chi connectivity index (χ4v) is 7.61. The monoisotopic (exact) mass is 641 g/mol. The molecule has 2 aliphatic rings. The zero-order valence-corrected chi connectivity index (χ0v) is 24.6. The molecule has 45 heavy (non-hydrogen) atoms. The van der Waals surface area contributed by atoms with Crippen molar-refractivity contribution in [2.24, 2.45) is 0 Å². The Morgan fingerprint density at radius 3 is 2.78 bits per heavy atom. The fourth-order valence-electron chi connectivity index (χ4n) is 5.97. The van der Waals surface area contributed by atoms with E-state index in [-0.39, 0.29) is 54.1 Å². The first-order valence-corrected chi connectivity index (χ1v) is 15.3. The van der Waals surface area contributed by atoms with Gasteiger partial charge in [-0.3, -0.25) is 9.20 Å². The van der Waals surface area contributed by atoms with Crippen molar-refractivity contribution < 1.29 is 36.2 Å². The summed E-state index contributed by atoms with van der Waals surface area (Å²) >= 11 is 0. The number of anilines is 1. The lowest BCUT2D eigenvalue weighted by atomic mass is 9.86. The molecule has 6 rings (SSSR count). The van der Waals surface area contributed by atoms with E-state index >= 15 is 0 Å². The zero-order valence-electron chi connectivity index (χ0n) is 23.8. The lowest BCUT2D eigenvalue weighted by molar-refractivity contribution is -0.145. The highest BCUT2D eigenvalue weighted by Gasteiger charge is 2.40. The van der Waals surface area contributed by atoms with Gasteiger partial charge in [-0.2, -0.15) is 22.7 Å². The predicted molar refractivity (Wildman–Crippen MR) is 152 cm³/mol. The number of pyridine rings is 2. The van der Waals surface area contributed by atoms with E-state index in [4.69, 9.17) is 4.74 Å². The molecule has 1 unspecified atom stereocenters. The molecule has 0 saturated carbocycles. The third-order valence-corrected chi connectivity index (χ3v) is 9.90. The van der Waals surface area contributed by atoms with Gasteiger partial charge in [0.05, 0.1) is 31.2 Å². The van der Waals surface area contributed by atoms with Gasteiger partial charge in [0.2, 0.25) is 15.8 Å². The number of carboxylic acid groups (broad SMARTS) is 1. The number of fused-ring (bicyclic) bond motifs is 4. The number of rotatable bonds is 6. The average molecular weight is 642 g/mol. The van der Waals surface area contributed by atoms with E-state index in [0.717, 1.165) is 4.40 Å². The molecular formula is C29H26F3N7O5S. The highest BCUT2D eigenvalue weighted by Crippen LogP contribution is 2.37. The van der Waals surface area contributed by atoms with Crippen LogP contribution in [0.5, 0.6) is 0 Å². The molecule has 2 atom stereocenters. The summed E-state index contributed by atoms with van der Waals surface area (Å²) in [6.45, 7) is 2.64. The lowest BCUT2D eigenvalue weighted by Crippen LogP contribution is -2.50. The van der Waals surface area contributed by atoms with Crippen molar-refractivity contribution in [2.75, 3.05) is 31.2 Å². The van der Waals surface area contributed by atoms with Gasteiger partial charge in [0.1, 0.15) is 16.8 Å². The van der Waals surface area contributed by atoms with Crippen molar-refractivity contribution in [1.29, 1.82) is 5.26 Å². The number of hydrogen-bond acceptors (Lipinski definition) is 9. The molecule has 0 amide bonds. The molecule has 234 valence electrons. The molecule has 16 heteroatoms. The van der Waals surface area contributed by atoms with Crippen LogP contribution in [0.2, 0.25) is 0 Å². The largest absolute Gasteiger partial charge is 0.481 e. The van der Waals surface area contributed by atoms with Crippen molar-refractivity contribution in [2.45, 2.75) is 42.9 Å². The topological polar surface area (TPSA) is 154 Å². The van der Waals surface area contributed by atoms with Crippen molar-refractivity contribution in [3.63, 3.8) is 0 Å². The molecule has 5 heterocycles. The zero-order chi connectivity index (χ0) is 32.1. The van der Waals surface area contributed by atoms with E-state index in [1.165, 1.54) is 28.8 Å². The number of aliphatic carboxylic acids is 1. The Kier molecular flexibility index (Phi) is 7.71. The van der Waals surface area contributed by atoms with Crippen molar-refractivity contribution in [1.82, 2.24) is 23.9 Å². The van der Waals surface area contributed by atoms with Gasteiger partial charge in [0.15, 0.2) is 5.65 Å². The molecule has 12 nitrogen and oxygen atoms in total. The number of carboxylic acids is 1. The Labute approximate surface area is 255 Å². The maximum Gasteiger partial charge on any atom is 0.452 e. The standard InChI is InChI=1S/C29H26F3N7O5S/c1-17-22(5-6-39-26(17)35-36-28(39)29(30,31)32)23(11-25(40)41)20-4-2-3-18(9-20)14-37-15-21-16-44-8-7-38(21)27-24(45(37,42)43)10-19(12-33)13-34-27/h2-6,9-10,13,21,23H,7-8,11,14-16H2,1H3,(H,40,41)/t21?,23-/m0/s1. The third-order valence-electron chi connectivity index (χ3n) is 8.08. The summed E-state index contributed by atoms with van der Waals surface area (Å²) in [6.07, 6.45) is -2.61. The van der Waals surface area contributed by atoms with E-state index in [0.29, 0.717) is 35.4 Å². The van der Waals surface area contributed by atoms with Crippen LogP contribution in [0, 0.1) is 18.3 Å². The number of halogens is 3. The first kappa shape index (κ1) is 30.4. The number of aromatic nitrogens is 4. The van der Waals surface area contributed by atoms with Crippen LogP contribution in [-0.2, 0) is 32.3 Å². The molecule has 4 aromatic rings. The number of carbonyl (C=O) groups is 1. The molecule has 3 aromatic heterocycles. The van der Waals surface area contributed by atoms with Crippen molar-refractivity contribution in [3.8, 4) is 6.07 Å². The Morgan fingerprint density at radius 1 is 1.24 bits per heavy atom. The number of aryl methyl sites for hydroxylation is 1. The summed E-state index contributed by atoms with van der Waals surface area (Å²) in [4.78, 5) is 18.1. The highest BCUT2D eigenvalue weighted by atomic mass is 32.2. The number of nitrogens with zero attached hydrogens (tertiary/aromatic N) is 7. The molecule has 1 saturated heterocycles. The summed E-state index contributed by atoms with van der Waals surface area (Å²) in [5, 5.41) is 26.2. The Morgan fingerprint density at radius 2 is 2.04 bits per heavy atom. The average Bonchev–Trinajstić information content (AvgIpc) is 3.43. The molecule has 1 N–H and O–H groups in total. The predicted octanol–water partition coefficient (Wildman–Crippen LogP) is 3.34. The molecular weight excluding hydrogens is 615 g/mol. The number of benzene rings is 1. The Balaban J connectivity index is 1.38. The SMILES string of the molecule is Cc1c([C@@H](CC(=O)O)c2cccc(CN3CC4COCCN4c4ncc(C#N)cc4S3(=O)=O)c2)ccn2c(C(F)(F)F)nnc12. The summed E-state index contributed by atoms with van der Waals surface area (Å²) in [6, 6.07) is 11.1. The van der Waals surface area contributed by atoms with Gasteiger partial charge in [-0.05, 0) is 41.3 Å². The molecule has 1 aromatic carbocycles. The quantitative estimate of drug-likeness (QED) is 0.332. The van der Waals surface area contributed by atoms with Gasteiger partial charge >= 0.3 is 12.1 Å². The molecule has 0 bridgehead atoms. The lowest BCUT2D eigenvalue weighted by Gasteiger charge is -2.36. The van der Waals surface area contributed by atoms with Crippen LogP contribution in [0.3, 0.4) is 0 Å². The molecule has 0 aliphatic carbocycles. The minimum atomic E-state index is -4.73. The number of nitriles is 1. The van der Waals surface area contributed by atoms with E-state index in [9.17, 15) is 36.8 Å². The maximum absolute atomic E-state index is 14.0. The van der Waals surface area contributed by atoms with Gasteiger partial charge in [0.25, 0.3) is 0 Å². The van der Waals surface area contributed by atoms with Crippen molar-refractivity contribution in [3.05, 3.63) is 82.4 Å². The second kappa shape index (κ2) is 11.4. The first-order chi connectivity index (χ1) is 21.4. The maximum atomic E-state index is 14.0. The van der Waals surface area contributed by atoms with E-state index in [2.05, 4.69) is 15.2 Å². The van der Waals surface area contributed by atoms with Crippen LogP contribution in [0.25, 0.3) is 5.65 Å². The normalized spacial score (nSPS) is 18.9. The van der Waals surface area contributed by atoms with Crippen LogP contribution < -0.4 is 4.90 Å². The molecule has 1 fully saturated rings. The summed E-state index contributed by atoms with van der Waals surface area (Å²) in [5.41, 5.74) is 1.92. The Hall–Kier alpha value is -4.59. The number of sulfonamides is 1. The van der Waals surface area contributed by atoms with Gasteiger partial charge in [0, 0.05) is 37.9 Å². The minimum Gasteiger partial charge on any atom is -0.481 e. The van der Waals surface area contributed by atoms with Gasteiger partial charge in [-0.1, -0.05) is 24.3 Å². The summed E-state index contributed by atoms with van der Waals surface area (Å²) in [5.74, 6) is -2.85. The van der Waals surface area contributed by atoms with Crippen LogP contribution in [-0.4, -0.2) is 75.7 Å². The van der Waals surface area contributed by atoms with Crippen LogP contribution in [0.4, 0.5) is 19.0 Å². The van der Waals surface area contributed by atoms with Gasteiger partial charge in [-0.25, -0.2) is 13.4 Å². The number of alkyl halides is 3. The van der Waals surface area contributed by atoms with Crippen LogP contribution in [0.15, 0.2) is 53.7 Å². The second-order valence-corrected chi connectivity index (χ2v) is 12.8. The van der Waals surface area contributed by atoms with E-state index < -0.39 is 33.9 Å². The van der Waals surface area contributed by atoms with Gasteiger partial charge in [-0.15, -0.1) is 10.2 Å². The van der Waals surface area contributed by atoms with E-state index in [1.807, 2.05) is 11.0 Å². The Bertz CT molecular complexity index is 1960. The summed E-state index contributed by atoms with van der Waals surface area (Å²) < 4.78 is 76.1. The second-order valence-electron chi connectivity index (χ2n) is 10.9. The van der Waals surface area contributed by atoms with Crippen molar-refractivity contribution >= 4 is 27.5 Å². The van der Waals surface area contributed by atoms with E-state index in [1.54, 1.807) is 31.2 Å². The molecule has 0 radical (unpaired) electrons. The minimum absolute atomic E-state index is 0.0507. The van der Waals surface area contributed by atoms with Crippen LogP contribution >= 0.6 is 0 Å². The number of ether oxygens (including phenoxy) is 1. The van der Waals surface area contributed by atoms with Crippen LogP contribution in [0.1, 0.15) is 46.0 Å². The molecule has 2 aliphatic heterocycles.